The lowest BCUT2D eigenvalue weighted by atomic mass is 9.89. The fraction of sp³-hybridized carbons (Fsp3) is 0.400. The van der Waals surface area contributed by atoms with Gasteiger partial charge in [0.05, 0.1) is 5.03 Å². The Kier molecular flexibility index (Phi) is 6.11. The SMILES string of the molecule is CC(=O)N/C(SC1=C(C)CCc2ccc(C(C)C)cc21)=C(/C)C(N)=O. The van der Waals surface area contributed by atoms with Crippen LogP contribution in [0.5, 0.6) is 0 Å². The van der Waals surface area contributed by atoms with E-state index in [0.29, 0.717) is 16.5 Å². The van der Waals surface area contributed by atoms with Crippen molar-refractivity contribution in [2.45, 2.75) is 53.4 Å². The van der Waals surface area contributed by atoms with Gasteiger partial charge in [-0.2, -0.15) is 0 Å². The fourth-order valence-electron chi connectivity index (χ4n) is 2.76. The highest BCUT2D eigenvalue weighted by Crippen LogP contribution is 2.43. The van der Waals surface area contributed by atoms with Crippen LogP contribution in [0.3, 0.4) is 0 Å². The van der Waals surface area contributed by atoms with E-state index in [9.17, 15) is 9.59 Å². The Morgan fingerprint density at radius 3 is 2.44 bits per heavy atom. The molecule has 0 spiro atoms. The first-order valence-electron chi connectivity index (χ1n) is 8.49. The zero-order valence-electron chi connectivity index (χ0n) is 15.5. The van der Waals surface area contributed by atoms with E-state index in [1.165, 1.54) is 40.9 Å². The molecule has 25 heavy (non-hydrogen) atoms. The summed E-state index contributed by atoms with van der Waals surface area (Å²) in [6.45, 7) is 9.53. The molecule has 0 aliphatic heterocycles. The molecule has 0 saturated heterocycles. The van der Waals surface area contributed by atoms with Crippen LogP contribution in [-0.4, -0.2) is 11.8 Å². The summed E-state index contributed by atoms with van der Waals surface area (Å²) in [6, 6.07) is 6.61. The molecule has 2 rings (SSSR count). The molecular weight excluding hydrogens is 332 g/mol. The first-order valence-corrected chi connectivity index (χ1v) is 9.31. The summed E-state index contributed by atoms with van der Waals surface area (Å²) in [7, 11) is 0. The van der Waals surface area contributed by atoms with Crippen LogP contribution >= 0.6 is 11.8 Å². The molecule has 0 saturated carbocycles. The standard InChI is InChI=1S/C20H26N2O2S/c1-11(2)16-9-8-15-7-6-12(3)18(17(15)10-16)25-20(22-14(5)23)13(4)19(21)24/h8-11H,6-7H2,1-5H3,(H2,21,24)(H,22,23)/b20-13+. The summed E-state index contributed by atoms with van der Waals surface area (Å²) < 4.78 is 0. The molecule has 4 nitrogen and oxygen atoms in total. The predicted molar refractivity (Wildman–Crippen MR) is 105 cm³/mol. The molecule has 134 valence electrons. The van der Waals surface area contributed by atoms with Gasteiger partial charge in [0.2, 0.25) is 11.8 Å². The van der Waals surface area contributed by atoms with E-state index in [-0.39, 0.29) is 5.91 Å². The van der Waals surface area contributed by atoms with E-state index in [1.807, 2.05) is 0 Å². The number of benzene rings is 1. The average molecular weight is 359 g/mol. The van der Waals surface area contributed by atoms with Gasteiger partial charge < -0.3 is 11.1 Å². The summed E-state index contributed by atoms with van der Waals surface area (Å²) in [6.07, 6.45) is 1.98. The van der Waals surface area contributed by atoms with Crippen molar-refractivity contribution in [1.82, 2.24) is 5.32 Å². The van der Waals surface area contributed by atoms with Crippen molar-refractivity contribution in [3.63, 3.8) is 0 Å². The van der Waals surface area contributed by atoms with Crippen LogP contribution in [0.25, 0.3) is 4.91 Å². The van der Waals surface area contributed by atoms with Crippen molar-refractivity contribution in [3.05, 3.63) is 51.1 Å². The number of hydrogen-bond donors (Lipinski definition) is 2. The van der Waals surface area contributed by atoms with Gasteiger partial charge in [-0.05, 0) is 49.3 Å². The van der Waals surface area contributed by atoms with E-state index >= 15 is 0 Å². The van der Waals surface area contributed by atoms with Crippen molar-refractivity contribution in [3.8, 4) is 0 Å². The molecule has 1 aliphatic rings. The van der Waals surface area contributed by atoms with Crippen molar-refractivity contribution in [2.75, 3.05) is 0 Å². The predicted octanol–water partition coefficient (Wildman–Crippen LogP) is 4.07. The third kappa shape index (κ3) is 4.54. The molecule has 0 unspecified atom stereocenters. The Labute approximate surface area is 153 Å². The van der Waals surface area contributed by atoms with E-state index < -0.39 is 5.91 Å². The van der Waals surface area contributed by atoms with E-state index in [4.69, 9.17) is 5.73 Å². The summed E-state index contributed by atoms with van der Waals surface area (Å²) >= 11 is 1.43. The van der Waals surface area contributed by atoms with Crippen molar-refractivity contribution < 1.29 is 9.59 Å². The maximum absolute atomic E-state index is 11.6. The van der Waals surface area contributed by atoms with Crippen LogP contribution < -0.4 is 11.1 Å². The molecule has 0 radical (unpaired) electrons. The molecule has 0 fully saturated rings. The van der Waals surface area contributed by atoms with Crippen LogP contribution in [0.1, 0.15) is 63.6 Å². The number of carbonyl (C=O) groups is 2. The Hall–Kier alpha value is -2.01. The minimum atomic E-state index is -0.526. The number of hydrogen-bond acceptors (Lipinski definition) is 3. The lowest BCUT2D eigenvalue weighted by Gasteiger charge is -2.24. The Balaban J connectivity index is 2.50. The smallest absolute Gasteiger partial charge is 0.246 e. The molecule has 2 amide bonds. The van der Waals surface area contributed by atoms with Crippen LogP contribution in [0, 0.1) is 0 Å². The summed E-state index contributed by atoms with van der Waals surface area (Å²) in [4.78, 5) is 24.3. The number of nitrogens with one attached hydrogen (secondary N) is 1. The van der Waals surface area contributed by atoms with Crippen LogP contribution in [0.2, 0.25) is 0 Å². The van der Waals surface area contributed by atoms with Gasteiger partial charge in [-0.15, -0.1) is 0 Å². The van der Waals surface area contributed by atoms with Gasteiger partial charge in [0.15, 0.2) is 0 Å². The van der Waals surface area contributed by atoms with Gasteiger partial charge in [0, 0.05) is 17.4 Å². The maximum atomic E-state index is 11.6. The highest BCUT2D eigenvalue weighted by atomic mass is 32.2. The Morgan fingerprint density at radius 2 is 1.88 bits per heavy atom. The van der Waals surface area contributed by atoms with Crippen LogP contribution in [0.4, 0.5) is 0 Å². The first kappa shape index (κ1) is 19.3. The summed E-state index contributed by atoms with van der Waals surface area (Å²) in [5.41, 5.74) is 10.8. The fourth-order valence-corrected chi connectivity index (χ4v) is 3.99. The molecule has 1 aromatic rings. The number of fused-ring (bicyclic) bond motifs is 1. The minimum absolute atomic E-state index is 0.215. The Bertz CT molecular complexity index is 776. The maximum Gasteiger partial charge on any atom is 0.246 e. The Morgan fingerprint density at radius 1 is 1.20 bits per heavy atom. The zero-order chi connectivity index (χ0) is 18.7. The molecule has 5 heteroatoms. The summed E-state index contributed by atoms with van der Waals surface area (Å²) in [5, 5.41) is 3.28. The number of thioether (sulfide) groups is 1. The van der Waals surface area contributed by atoms with Gasteiger partial charge >= 0.3 is 0 Å². The largest absolute Gasteiger partial charge is 0.366 e. The lowest BCUT2D eigenvalue weighted by Crippen LogP contribution is -2.23. The average Bonchev–Trinajstić information content (AvgIpc) is 2.54. The second kappa shape index (κ2) is 7.91. The zero-order valence-corrected chi connectivity index (χ0v) is 16.3. The van der Waals surface area contributed by atoms with E-state index in [1.54, 1.807) is 6.92 Å². The monoisotopic (exact) mass is 358 g/mol. The second-order valence-corrected chi connectivity index (χ2v) is 7.80. The quantitative estimate of drug-likeness (QED) is 0.779. The number of aryl methyl sites for hydroxylation is 1. The van der Waals surface area contributed by atoms with Crippen molar-refractivity contribution in [2.24, 2.45) is 5.73 Å². The minimum Gasteiger partial charge on any atom is -0.366 e. The first-order chi connectivity index (χ1) is 11.7. The number of carbonyl (C=O) groups excluding carboxylic acids is 2. The van der Waals surface area contributed by atoms with Gasteiger partial charge in [-0.1, -0.05) is 49.4 Å². The third-order valence-corrected chi connectivity index (χ3v) is 5.79. The topological polar surface area (TPSA) is 72.2 Å². The summed E-state index contributed by atoms with van der Waals surface area (Å²) in [5.74, 6) is -0.300. The molecule has 3 N–H and O–H groups in total. The second-order valence-electron chi connectivity index (χ2n) is 6.78. The van der Waals surface area contributed by atoms with Gasteiger partial charge in [-0.3, -0.25) is 9.59 Å². The molecule has 0 atom stereocenters. The highest BCUT2D eigenvalue weighted by molar-refractivity contribution is 8.11. The van der Waals surface area contributed by atoms with Crippen molar-refractivity contribution in [1.29, 1.82) is 0 Å². The third-order valence-electron chi connectivity index (χ3n) is 4.41. The molecule has 1 aliphatic carbocycles. The van der Waals surface area contributed by atoms with E-state index in [2.05, 4.69) is 44.3 Å². The molecule has 0 heterocycles. The highest BCUT2D eigenvalue weighted by Gasteiger charge is 2.21. The number of allylic oxidation sites excluding steroid dienone is 1. The van der Waals surface area contributed by atoms with Gasteiger partial charge in [-0.25, -0.2) is 0 Å². The number of primary amides is 1. The number of nitrogens with two attached hydrogens (primary N) is 1. The van der Waals surface area contributed by atoms with Crippen molar-refractivity contribution >= 4 is 28.5 Å². The van der Waals surface area contributed by atoms with Crippen LogP contribution in [0.15, 0.2) is 34.4 Å². The lowest BCUT2D eigenvalue weighted by molar-refractivity contribution is -0.118. The van der Waals surface area contributed by atoms with Gasteiger partial charge in [0.25, 0.3) is 0 Å². The molecule has 0 aromatic heterocycles. The molecule has 1 aromatic carbocycles. The van der Waals surface area contributed by atoms with Crippen LogP contribution in [-0.2, 0) is 16.0 Å². The normalized spacial score (nSPS) is 15.0. The van der Waals surface area contributed by atoms with Gasteiger partial charge in [0.1, 0.15) is 0 Å². The molecular formula is C20H26N2O2S. The molecule has 0 bridgehead atoms. The number of amides is 2. The number of rotatable bonds is 5. The van der Waals surface area contributed by atoms with E-state index in [0.717, 1.165) is 17.7 Å².